The Bertz CT molecular complexity index is 1160. The van der Waals surface area contributed by atoms with Gasteiger partial charge in [0.05, 0.1) is 19.7 Å². The molecule has 0 aromatic heterocycles. The smallest absolute Gasteiger partial charge is 0.201 e. The van der Waals surface area contributed by atoms with Crippen molar-refractivity contribution < 1.29 is 31.8 Å². The van der Waals surface area contributed by atoms with E-state index in [1.807, 2.05) is 0 Å². The molecule has 33 heavy (non-hydrogen) atoms. The van der Waals surface area contributed by atoms with Gasteiger partial charge < -0.3 is 14.2 Å². The van der Waals surface area contributed by atoms with Crippen molar-refractivity contribution in [3.63, 3.8) is 0 Å². The lowest BCUT2D eigenvalue weighted by Crippen LogP contribution is -2.26. The summed E-state index contributed by atoms with van der Waals surface area (Å²) in [5.74, 6) is -4.38. The second-order valence-corrected chi connectivity index (χ2v) is 7.57. The molecular formula is C25H21BF4O3. The van der Waals surface area contributed by atoms with Gasteiger partial charge in [-0.25, -0.2) is 13.2 Å². The van der Waals surface area contributed by atoms with Gasteiger partial charge in [0.1, 0.15) is 0 Å². The molecule has 8 heteroatoms. The standard InChI is InChI=1S/C25H21BF4O3/c1-2-14-11-31-25(32-12-14)19-8-7-17(21(27)23(19)29)15-3-5-16(6-4-15)18-9-10-20(33-13-26)24(30)22(18)28/h2-10,14,25H,1,11-13,26H2. The van der Waals surface area contributed by atoms with Crippen LogP contribution in [-0.4, -0.2) is 27.6 Å². The van der Waals surface area contributed by atoms with Gasteiger partial charge in [0, 0.05) is 22.6 Å². The third kappa shape index (κ3) is 4.54. The van der Waals surface area contributed by atoms with Crippen molar-refractivity contribution in [1.29, 1.82) is 0 Å². The molecule has 0 N–H and O–H groups in total. The molecule has 3 aromatic carbocycles. The van der Waals surface area contributed by atoms with Gasteiger partial charge >= 0.3 is 0 Å². The molecule has 4 rings (SSSR count). The summed E-state index contributed by atoms with van der Waals surface area (Å²) in [5, 5.41) is 0. The van der Waals surface area contributed by atoms with Gasteiger partial charge in [0.2, 0.25) is 5.82 Å². The fourth-order valence-corrected chi connectivity index (χ4v) is 3.65. The van der Waals surface area contributed by atoms with Gasteiger partial charge in [-0.05, 0) is 23.3 Å². The zero-order valence-corrected chi connectivity index (χ0v) is 17.9. The Balaban J connectivity index is 1.59. The molecule has 0 aliphatic carbocycles. The summed E-state index contributed by atoms with van der Waals surface area (Å²) in [6, 6.07) is 11.7. The van der Waals surface area contributed by atoms with Crippen molar-refractivity contribution in [2.24, 2.45) is 5.92 Å². The molecule has 0 amide bonds. The monoisotopic (exact) mass is 456 g/mol. The Hall–Kier alpha value is -3.10. The quantitative estimate of drug-likeness (QED) is 0.283. The summed E-state index contributed by atoms with van der Waals surface area (Å²) in [5.41, 5.74) is 0.805. The van der Waals surface area contributed by atoms with Gasteiger partial charge in [-0.1, -0.05) is 42.5 Å². The van der Waals surface area contributed by atoms with E-state index in [1.54, 1.807) is 13.9 Å². The van der Waals surface area contributed by atoms with Crippen LogP contribution in [-0.2, 0) is 9.47 Å². The first kappa shape index (κ1) is 23.1. The molecule has 1 saturated heterocycles. The van der Waals surface area contributed by atoms with Crippen LogP contribution in [0.25, 0.3) is 22.3 Å². The van der Waals surface area contributed by atoms with Crippen LogP contribution in [0.2, 0.25) is 0 Å². The van der Waals surface area contributed by atoms with Crippen molar-refractivity contribution in [2.75, 3.05) is 19.7 Å². The molecule has 0 saturated carbocycles. The molecule has 0 unspecified atom stereocenters. The van der Waals surface area contributed by atoms with Gasteiger partial charge in [-0.2, -0.15) is 4.39 Å². The number of benzene rings is 3. The lowest BCUT2D eigenvalue weighted by Gasteiger charge is -2.28. The van der Waals surface area contributed by atoms with Crippen molar-refractivity contribution in [3.8, 4) is 28.0 Å². The Labute approximate surface area is 190 Å². The van der Waals surface area contributed by atoms with Crippen molar-refractivity contribution in [1.82, 2.24) is 0 Å². The molecule has 0 bridgehead atoms. The molecule has 3 aromatic rings. The Morgan fingerprint density at radius 3 is 1.91 bits per heavy atom. The van der Waals surface area contributed by atoms with E-state index in [0.29, 0.717) is 24.3 Å². The lowest BCUT2D eigenvalue weighted by molar-refractivity contribution is -0.198. The predicted molar refractivity (Wildman–Crippen MR) is 120 cm³/mol. The predicted octanol–water partition coefficient (Wildman–Crippen LogP) is 5.39. The number of ether oxygens (including phenoxy) is 3. The van der Waals surface area contributed by atoms with Crippen LogP contribution in [0.4, 0.5) is 17.6 Å². The first-order valence-corrected chi connectivity index (χ1v) is 10.5. The SMILES string of the molecule is BCOc1ccc(-c2ccc(-c3ccc(C4OCC(C=C)CO4)c(F)c3F)cc2)c(F)c1F. The summed E-state index contributed by atoms with van der Waals surface area (Å²) in [6.45, 7) is 4.49. The van der Waals surface area contributed by atoms with E-state index < -0.39 is 29.6 Å². The lowest BCUT2D eigenvalue weighted by atomic mass is 9.98. The molecule has 0 radical (unpaired) electrons. The number of hydrogen-bond acceptors (Lipinski definition) is 3. The summed E-state index contributed by atoms with van der Waals surface area (Å²) in [6.07, 6.45) is 0.692. The highest BCUT2D eigenvalue weighted by molar-refractivity contribution is 6.08. The molecule has 1 aliphatic heterocycles. The van der Waals surface area contributed by atoms with E-state index in [1.165, 1.54) is 48.5 Å². The fourth-order valence-electron chi connectivity index (χ4n) is 3.65. The molecule has 1 aliphatic rings. The number of hydrogen-bond donors (Lipinski definition) is 0. The van der Waals surface area contributed by atoms with Crippen molar-refractivity contribution in [2.45, 2.75) is 6.29 Å². The molecule has 1 heterocycles. The second kappa shape index (κ2) is 9.81. The van der Waals surface area contributed by atoms with Gasteiger partial charge in [0.15, 0.2) is 37.3 Å². The van der Waals surface area contributed by atoms with Crippen LogP contribution in [0.5, 0.6) is 5.75 Å². The normalized spacial score (nSPS) is 18.2. The van der Waals surface area contributed by atoms with E-state index in [2.05, 4.69) is 6.58 Å². The minimum Gasteiger partial charge on any atom is -0.500 e. The maximum Gasteiger partial charge on any atom is 0.201 e. The molecule has 170 valence electrons. The average molecular weight is 456 g/mol. The largest absolute Gasteiger partial charge is 0.500 e. The number of halogens is 4. The first-order chi connectivity index (χ1) is 15.9. The third-order valence-corrected chi connectivity index (χ3v) is 5.48. The van der Waals surface area contributed by atoms with Crippen molar-refractivity contribution >= 4 is 7.85 Å². The van der Waals surface area contributed by atoms with Crippen molar-refractivity contribution in [3.05, 3.63) is 90.0 Å². The summed E-state index contributed by atoms with van der Waals surface area (Å²) in [7, 11) is 1.67. The molecule has 0 spiro atoms. The van der Waals surface area contributed by atoms with E-state index >= 15 is 0 Å². The van der Waals surface area contributed by atoms with Crippen LogP contribution in [0.15, 0.2) is 61.2 Å². The second-order valence-electron chi connectivity index (χ2n) is 7.57. The van der Waals surface area contributed by atoms with Crippen LogP contribution < -0.4 is 4.74 Å². The summed E-state index contributed by atoms with van der Waals surface area (Å²) >= 11 is 0. The highest BCUT2D eigenvalue weighted by Gasteiger charge is 2.27. The molecular weight excluding hydrogens is 435 g/mol. The summed E-state index contributed by atoms with van der Waals surface area (Å²) in [4.78, 5) is 0. The van der Waals surface area contributed by atoms with Gasteiger partial charge in [0.25, 0.3) is 0 Å². The van der Waals surface area contributed by atoms with Crippen LogP contribution in [0, 0.1) is 29.2 Å². The average Bonchev–Trinajstić information content (AvgIpc) is 2.84. The van der Waals surface area contributed by atoms with Crippen LogP contribution >= 0.6 is 0 Å². The molecule has 1 fully saturated rings. The van der Waals surface area contributed by atoms with E-state index in [0.717, 1.165) is 0 Å². The third-order valence-electron chi connectivity index (χ3n) is 5.48. The number of rotatable bonds is 6. The Morgan fingerprint density at radius 1 is 0.818 bits per heavy atom. The van der Waals surface area contributed by atoms with E-state index in [4.69, 9.17) is 14.2 Å². The molecule has 3 nitrogen and oxygen atoms in total. The van der Waals surface area contributed by atoms with Gasteiger partial charge in [-0.3, -0.25) is 0 Å². The minimum absolute atomic E-state index is 0.000585. The Kier molecular flexibility index (Phi) is 6.86. The summed E-state index contributed by atoms with van der Waals surface area (Å²) < 4.78 is 74.4. The van der Waals surface area contributed by atoms with E-state index in [9.17, 15) is 17.6 Å². The van der Waals surface area contributed by atoms with Crippen LogP contribution in [0.3, 0.4) is 0 Å². The highest BCUT2D eigenvalue weighted by atomic mass is 19.2. The maximum atomic E-state index is 14.9. The minimum atomic E-state index is -1.08. The molecule has 0 atom stereocenters. The topological polar surface area (TPSA) is 27.7 Å². The first-order valence-electron chi connectivity index (χ1n) is 10.5. The van der Waals surface area contributed by atoms with E-state index in [-0.39, 0.29) is 34.9 Å². The fraction of sp³-hybridized carbons (Fsp3) is 0.200. The van der Waals surface area contributed by atoms with Crippen LogP contribution in [0.1, 0.15) is 11.9 Å². The zero-order chi connectivity index (χ0) is 23.5. The highest BCUT2D eigenvalue weighted by Crippen LogP contribution is 2.35. The van der Waals surface area contributed by atoms with Gasteiger partial charge in [-0.15, -0.1) is 6.58 Å². The Morgan fingerprint density at radius 2 is 1.36 bits per heavy atom. The zero-order valence-electron chi connectivity index (χ0n) is 17.9. The maximum absolute atomic E-state index is 14.9.